The smallest absolute Gasteiger partial charge is 0.251 e. The van der Waals surface area contributed by atoms with E-state index >= 15 is 0 Å². The topological polar surface area (TPSA) is 55.1 Å². The van der Waals surface area contributed by atoms with Gasteiger partial charge in [-0.15, -0.1) is 12.4 Å². The molecule has 4 heteroatoms. The molecule has 1 fully saturated rings. The fourth-order valence-corrected chi connectivity index (χ4v) is 1.90. The van der Waals surface area contributed by atoms with Gasteiger partial charge in [-0.3, -0.25) is 4.79 Å². The van der Waals surface area contributed by atoms with E-state index in [4.69, 9.17) is 5.73 Å². The maximum Gasteiger partial charge on any atom is 0.251 e. The van der Waals surface area contributed by atoms with Gasteiger partial charge in [0.15, 0.2) is 0 Å². The molecule has 0 bridgehead atoms. The fraction of sp³-hybridized carbons (Fsp3) is 0.462. The third-order valence-electron chi connectivity index (χ3n) is 2.91. The molecule has 0 radical (unpaired) electrons. The number of nitrogens with one attached hydrogen (secondary N) is 1. The van der Waals surface area contributed by atoms with Crippen molar-refractivity contribution in [3.8, 4) is 0 Å². The molecule has 1 unspecified atom stereocenters. The number of rotatable bonds is 4. The van der Waals surface area contributed by atoms with Gasteiger partial charge in [-0.1, -0.05) is 18.9 Å². The van der Waals surface area contributed by atoms with Crippen molar-refractivity contribution in [1.29, 1.82) is 0 Å². The highest BCUT2D eigenvalue weighted by Gasteiger charge is 2.24. The normalized spacial score (nSPS) is 15.8. The number of hydrogen-bond acceptors (Lipinski definition) is 2. The first kappa shape index (κ1) is 13.8. The summed E-state index contributed by atoms with van der Waals surface area (Å²) in [6.07, 6.45) is 3.73. The van der Waals surface area contributed by atoms with Crippen LogP contribution in [-0.2, 0) is 0 Å². The highest BCUT2D eigenvalue weighted by molar-refractivity contribution is 5.95. The van der Waals surface area contributed by atoms with Crippen molar-refractivity contribution < 1.29 is 4.79 Å². The summed E-state index contributed by atoms with van der Waals surface area (Å²) in [5, 5.41) is 3.00. The summed E-state index contributed by atoms with van der Waals surface area (Å²) in [4.78, 5) is 11.8. The summed E-state index contributed by atoms with van der Waals surface area (Å²) < 4.78 is 0. The number of nitrogen functional groups attached to an aromatic ring is 1. The van der Waals surface area contributed by atoms with Crippen LogP contribution in [0.15, 0.2) is 24.3 Å². The Morgan fingerprint density at radius 1 is 1.53 bits per heavy atom. The molecule has 1 saturated carbocycles. The molecule has 1 aromatic rings. The summed E-state index contributed by atoms with van der Waals surface area (Å²) in [6.45, 7) is 2.06. The minimum Gasteiger partial charge on any atom is -0.399 e. The highest BCUT2D eigenvalue weighted by atomic mass is 35.5. The van der Waals surface area contributed by atoms with Crippen molar-refractivity contribution in [3.05, 3.63) is 29.8 Å². The third-order valence-corrected chi connectivity index (χ3v) is 2.91. The summed E-state index contributed by atoms with van der Waals surface area (Å²) in [7, 11) is 0. The molecule has 1 atom stereocenters. The Hall–Kier alpha value is -1.22. The molecular formula is C13H19ClN2O. The fourth-order valence-electron chi connectivity index (χ4n) is 1.90. The Morgan fingerprint density at radius 3 is 2.82 bits per heavy atom. The quantitative estimate of drug-likeness (QED) is 0.812. The lowest BCUT2D eigenvalue weighted by Crippen LogP contribution is -2.32. The van der Waals surface area contributed by atoms with Crippen LogP contribution in [0.4, 0.5) is 5.69 Å². The first-order valence-corrected chi connectivity index (χ1v) is 5.81. The molecule has 3 N–H and O–H groups in total. The number of halogens is 1. The predicted octanol–water partition coefficient (Wildman–Crippen LogP) is 2.61. The van der Waals surface area contributed by atoms with Gasteiger partial charge in [-0.25, -0.2) is 0 Å². The number of carbonyl (C=O) groups is 1. The second-order valence-corrected chi connectivity index (χ2v) is 4.68. The second-order valence-electron chi connectivity index (χ2n) is 4.68. The van der Waals surface area contributed by atoms with Crippen LogP contribution in [0.2, 0.25) is 0 Å². The minimum atomic E-state index is -0.0274. The number of amides is 1. The van der Waals surface area contributed by atoms with Gasteiger partial charge in [0.1, 0.15) is 0 Å². The first-order chi connectivity index (χ1) is 7.65. The Morgan fingerprint density at radius 2 is 2.24 bits per heavy atom. The first-order valence-electron chi connectivity index (χ1n) is 5.81. The number of nitrogens with two attached hydrogens (primary N) is 1. The lowest BCUT2D eigenvalue weighted by atomic mass is 10.1. The summed E-state index contributed by atoms with van der Waals surface area (Å²) in [5.74, 6) is 0.802. The molecule has 0 heterocycles. The average Bonchev–Trinajstić information content (AvgIpc) is 3.01. The van der Waals surface area contributed by atoms with Crippen LogP contribution in [0.5, 0.6) is 0 Å². The van der Waals surface area contributed by atoms with E-state index < -0.39 is 0 Å². The zero-order valence-corrected chi connectivity index (χ0v) is 10.8. The molecule has 0 aliphatic heterocycles. The maximum atomic E-state index is 11.8. The molecule has 0 aromatic heterocycles. The zero-order chi connectivity index (χ0) is 11.5. The van der Waals surface area contributed by atoms with Gasteiger partial charge in [0, 0.05) is 17.3 Å². The Kier molecular flexibility index (Phi) is 4.82. The van der Waals surface area contributed by atoms with E-state index in [1.165, 1.54) is 12.8 Å². The summed E-state index contributed by atoms with van der Waals surface area (Å²) >= 11 is 0. The molecule has 1 aromatic carbocycles. The third kappa shape index (κ3) is 4.27. The van der Waals surface area contributed by atoms with Crippen LogP contribution in [-0.4, -0.2) is 11.9 Å². The van der Waals surface area contributed by atoms with Gasteiger partial charge in [0.2, 0.25) is 0 Å². The lowest BCUT2D eigenvalue weighted by Gasteiger charge is -2.13. The Balaban J connectivity index is 0.00000144. The van der Waals surface area contributed by atoms with Gasteiger partial charge >= 0.3 is 0 Å². The molecule has 94 valence electrons. The molecule has 1 aliphatic rings. The largest absolute Gasteiger partial charge is 0.399 e. The van der Waals surface area contributed by atoms with Crippen LogP contribution < -0.4 is 11.1 Å². The van der Waals surface area contributed by atoms with Crippen molar-refractivity contribution in [1.82, 2.24) is 5.32 Å². The van der Waals surface area contributed by atoms with Crippen molar-refractivity contribution in [2.45, 2.75) is 32.2 Å². The molecule has 0 saturated heterocycles. The molecule has 3 nitrogen and oxygen atoms in total. The SMILES string of the molecule is CC(CC1CC1)NC(=O)c1cccc(N)c1.Cl. The monoisotopic (exact) mass is 254 g/mol. The Labute approximate surface area is 108 Å². The van der Waals surface area contributed by atoms with Crippen LogP contribution in [0, 0.1) is 5.92 Å². The molecule has 1 aliphatic carbocycles. The van der Waals surface area contributed by atoms with Crippen molar-refractivity contribution >= 4 is 24.0 Å². The number of benzene rings is 1. The molecule has 1 amide bonds. The summed E-state index contributed by atoms with van der Waals surface area (Å²) in [6, 6.07) is 7.33. The molecule has 17 heavy (non-hydrogen) atoms. The van der Waals surface area contributed by atoms with E-state index in [9.17, 15) is 4.79 Å². The number of hydrogen-bond donors (Lipinski definition) is 2. The van der Waals surface area contributed by atoms with Gasteiger partial charge in [-0.2, -0.15) is 0 Å². The molecule has 0 spiro atoms. The maximum absolute atomic E-state index is 11.8. The zero-order valence-electron chi connectivity index (χ0n) is 9.98. The highest BCUT2D eigenvalue weighted by Crippen LogP contribution is 2.33. The van der Waals surface area contributed by atoms with Gasteiger partial charge in [0.25, 0.3) is 5.91 Å². The van der Waals surface area contributed by atoms with E-state index in [0.29, 0.717) is 11.3 Å². The number of anilines is 1. The van der Waals surface area contributed by atoms with E-state index in [-0.39, 0.29) is 24.4 Å². The van der Waals surface area contributed by atoms with Crippen LogP contribution in [0.1, 0.15) is 36.5 Å². The van der Waals surface area contributed by atoms with Crippen LogP contribution in [0.3, 0.4) is 0 Å². The van der Waals surface area contributed by atoms with Crippen molar-refractivity contribution in [2.75, 3.05) is 5.73 Å². The van der Waals surface area contributed by atoms with E-state index in [1.54, 1.807) is 24.3 Å². The van der Waals surface area contributed by atoms with Crippen LogP contribution >= 0.6 is 12.4 Å². The van der Waals surface area contributed by atoms with Gasteiger partial charge in [0.05, 0.1) is 0 Å². The predicted molar refractivity (Wildman–Crippen MR) is 72.4 cm³/mol. The molecular weight excluding hydrogens is 236 g/mol. The van der Waals surface area contributed by atoms with Crippen LogP contribution in [0.25, 0.3) is 0 Å². The van der Waals surface area contributed by atoms with E-state index in [0.717, 1.165) is 12.3 Å². The van der Waals surface area contributed by atoms with E-state index in [2.05, 4.69) is 12.2 Å². The number of carbonyl (C=O) groups excluding carboxylic acids is 1. The van der Waals surface area contributed by atoms with Crippen molar-refractivity contribution in [3.63, 3.8) is 0 Å². The van der Waals surface area contributed by atoms with Gasteiger partial charge < -0.3 is 11.1 Å². The average molecular weight is 255 g/mol. The summed E-state index contributed by atoms with van der Waals surface area (Å²) in [5.41, 5.74) is 6.91. The van der Waals surface area contributed by atoms with E-state index in [1.807, 2.05) is 0 Å². The Bertz CT molecular complexity index is 391. The standard InChI is InChI=1S/C13H18N2O.ClH/c1-9(7-10-5-6-10)15-13(16)11-3-2-4-12(14)8-11;/h2-4,8-10H,5-7,14H2,1H3,(H,15,16);1H. The minimum absolute atomic E-state index is 0. The van der Waals surface area contributed by atoms with Gasteiger partial charge in [-0.05, 0) is 37.5 Å². The molecule has 2 rings (SSSR count). The van der Waals surface area contributed by atoms with Crippen molar-refractivity contribution in [2.24, 2.45) is 5.92 Å². The lowest BCUT2D eigenvalue weighted by molar-refractivity contribution is 0.0937. The second kappa shape index (κ2) is 5.92.